The molecule has 1 aromatic heterocycles. The van der Waals surface area contributed by atoms with Crippen molar-refractivity contribution in [3.05, 3.63) is 22.7 Å². The highest BCUT2D eigenvalue weighted by Gasteiger charge is 2.60. The summed E-state index contributed by atoms with van der Waals surface area (Å²) in [7, 11) is 0. The molecule has 18 heavy (non-hydrogen) atoms. The van der Waals surface area contributed by atoms with Crippen LogP contribution in [0.25, 0.3) is 0 Å². The zero-order valence-electron chi connectivity index (χ0n) is 11.6. The fraction of sp³-hybridized carbons (Fsp3) is 0.571. The molecule has 1 saturated carbocycles. The maximum Gasteiger partial charge on any atom is 0.230 e. The lowest BCUT2D eigenvalue weighted by molar-refractivity contribution is -0.118. The molecule has 0 aromatic carbocycles. The molecule has 1 amide bonds. The molecule has 4 heteroatoms. The Morgan fingerprint density at radius 2 is 2.17 bits per heavy atom. The Labute approximate surface area is 112 Å². The maximum absolute atomic E-state index is 12.2. The highest BCUT2D eigenvalue weighted by atomic mass is 32.1. The van der Waals surface area contributed by atoms with Gasteiger partial charge < -0.3 is 5.32 Å². The summed E-state index contributed by atoms with van der Waals surface area (Å²) in [5, 5.41) is 3.63. The van der Waals surface area contributed by atoms with Crippen molar-refractivity contribution < 1.29 is 4.79 Å². The van der Waals surface area contributed by atoms with Crippen molar-refractivity contribution in [3.8, 4) is 0 Å². The number of thiazole rings is 1. The number of aromatic nitrogens is 1. The summed E-state index contributed by atoms with van der Waals surface area (Å²) in [6, 6.07) is 0. The lowest BCUT2D eigenvalue weighted by atomic mass is 10.1. The van der Waals surface area contributed by atoms with Gasteiger partial charge in [0, 0.05) is 11.1 Å². The van der Waals surface area contributed by atoms with Gasteiger partial charge in [-0.15, -0.1) is 11.3 Å². The van der Waals surface area contributed by atoms with E-state index in [1.807, 2.05) is 6.92 Å². The van der Waals surface area contributed by atoms with E-state index in [1.165, 1.54) is 16.9 Å². The monoisotopic (exact) mass is 264 g/mol. The van der Waals surface area contributed by atoms with Crippen LogP contribution < -0.4 is 5.32 Å². The first-order valence-corrected chi connectivity index (χ1v) is 7.02. The summed E-state index contributed by atoms with van der Waals surface area (Å²) in [5.41, 5.74) is 1.33. The van der Waals surface area contributed by atoms with E-state index in [4.69, 9.17) is 0 Å². The number of carbonyl (C=O) groups is 1. The van der Waals surface area contributed by atoms with Crippen molar-refractivity contribution in [2.75, 3.05) is 5.32 Å². The number of rotatable bonds is 3. The van der Waals surface area contributed by atoms with Crippen molar-refractivity contribution in [2.45, 2.75) is 34.6 Å². The Bertz CT molecular complexity index is 498. The number of nitrogens with one attached hydrogen (secondary N) is 1. The third-order valence-electron chi connectivity index (χ3n) is 3.56. The first-order valence-electron chi connectivity index (χ1n) is 6.20. The van der Waals surface area contributed by atoms with Crippen molar-refractivity contribution in [1.29, 1.82) is 0 Å². The van der Waals surface area contributed by atoms with E-state index < -0.39 is 0 Å². The third kappa shape index (κ3) is 2.48. The fourth-order valence-corrected chi connectivity index (χ4v) is 3.11. The zero-order chi connectivity index (χ0) is 13.5. The third-order valence-corrected chi connectivity index (χ3v) is 4.39. The molecule has 0 spiro atoms. The van der Waals surface area contributed by atoms with E-state index in [-0.39, 0.29) is 17.2 Å². The zero-order valence-corrected chi connectivity index (χ0v) is 12.4. The second-order valence-electron chi connectivity index (χ2n) is 5.83. The molecule has 0 bridgehead atoms. The molecule has 1 fully saturated rings. The molecule has 1 aromatic rings. The number of aryl methyl sites for hydroxylation is 1. The van der Waals surface area contributed by atoms with Gasteiger partial charge >= 0.3 is 0 Å². The van der Waals surface area contributed by atoms with Crippen molar-refractivity contribution in [1.82, 2.24) is 4.98 Å². The molecule has 1 aliphatic carbocycles. The van der Waals surface area contributed by atoms with E-state index in [2.05, 4.69) is 44.1 Å². The fourth-order valence-electron chi connectivity index (χ4n) is 2.44. The lowest BCUT2D eigenvalue weighted by Gasteiger charge is -2.02. The normalized spacial score (nSPS) is 24.5. The average molecular weight is 264 g/mol. The number of allylic oxidation sites excluding steroid dienone is 2. The van der Waals surface area contributed by atoms with Crippen LogP contribution in [0.5, 0.6) is 0 Å². The summed E-state index contributed by atoms with van der Waals surface area (Å²) in [5.74, 6) is 0.511. The summed E-state index contributed by atoms with van der Waals surface area (Å²) in [6.07, 6.45) is 3.99. The van der Waals surface area contributed by atoms with Crippen molar-refractivity contribution >= 4 is 22.4 Å². The van der Waals surface area contributed by atoms with Crippen LogP contribution in [0.2, 0.25) is 0 Å². The number of carbonyl (C=O) groups excluding carboxylic acids is 1. The quantitative estimate of drug-likeness (QED) is 0.847. The van der Waals surface area contributed by atoms with Crippen LogP contribution in [0.1, 0.15) is 32.6 Å². The predicted molar refractivity (Wildman–Crippen MR) is 75.7 cm³/mol. The second-order valence-corrected chi connectivity index (χ2v) is 7.07. The van der Waals surface area contributed by atoms with Crippen LogP contribution in [0.3, 0.4) is 0 Å². The Hall–Kier alpha value is -1.16. The average Bonchev–Trinajstić information content (AvgIpc) is 2.56. The molecular weight excluding hydrogens is 244 g/mol. The van der Waals surface area contributed by atoms with Gasteiger partial charge in [0.25, 0.3) is 0 Å². The number of hydrogen-bond donors (Lipinski definition) is 1. The van der Waals surface area contributed by atoms with E-state index in [1.54, 1.807) is 6.20 Å². The van der Waals surface area contributed by atoms with Gasteiger partial charge in [0.1, 0.15) is 0 Å². The second kappa shape index (κ2) is 4.50. The molecule has 1 N–H and O–H groups in total. The highest BCUT2D eigenvalue weighted by molar-refractivity contribution is 7.15. The highest BCUT2D eigenvalue weighted by Crippen LogP contribution is 2.59. The van der Waals surface area contributed by atoms with Gasteiger partial charge in [0.05, 0.1) is 5.92 Å². The van der Waals surface area contributed by atoms with E-state index in [0.717, 1.165) is 4.88 Å². The Balaban J connectivity index is 2.05. The van der Waals surface area contributed by atoms with Gasteiger partial charge in [-0.05, 0) is 32.1 Å². The largest absolute Gasteiger partial charge is 0.302 e. The first kappa shape index (κ1) is 13.3. The van der Waals surface area contributed by atoms with Gasteiger partial charge in [-0.1, -0.05) is 25.5 Å². The molecule has 2 rings (SSSR count). The van der Waals surface area contributed by atoms with Crippen LogP contribution in [0.15, 0.2) is 17.8 Å². The minimum atomic E-state index is 0.0632. The molecule has 1 aliphatic rings. The number of anilines is 1. The molecule has 1 heterocycles. The summed E-state index contributed by atoms with van der Waals surface area (Å²) >= 11 is 1.52. The minimum Gasteiger partial charge on any atom is -0.302 e. The van der Waals surface area contributed by atoms with Gasteiger partial charge in [0.15, 0.2) is 5.13 Å². The maximum atomic E-state index is 12.2. The Morgan fingerprint density at radius 1 is 1.50 bits per heavy atom. The SMILES string of the molecule is CC(C)=CC1C(C(=O)Nc2ncc(C)s2)C1(C)C. The number of hydrogen-bond acceptors (Lipinski definition) is 3. The number of amides is 1. The van der Waals surface area contributed by atoms with Crippen LogP contribution in [0, 0.1) is 24.2 Å². The molecule has 98 valence electrons. The first-order chi connectivity index (χ1) is 8.32. The topological polar surface area (TPSA) is 42.0 Å². The standard InChI is InChI=1S/C14H20N2OS/c1-8(2)6-10-11(14(10,4)5)12(17)16-13-15-7-9(3)18-13/h6-7,10-11H,1-5H3,(H,15,16,17). The summed E-state index contributed by atoms with van der Waals surface area (Å²) < 4.78 is 0. The minimum absolute atomic E-state index is 0.0632. The lowest BCUT2D eigenvalue weighted by Crippen LogP contribution is -2.16. The number of nitrogens with zero attached hydrogens (tertiary/aromatic N) is 1. The Kier molecular flexibility index (Phi) is 3.32. The van der Waals surface area contributed by atoms with E-state index in [9.17, 15) is 4.79 Å². The van der Waals surface area contributed by atoms with Crippen LogP contribution in [-0.4, -0.2) is 10.9 Å². The van der Waals surface area contributed by atoms with Gasteiger partial charge in [0.2, 0.25) is 5.91 Å². The molecule has 0 saturated heterocycles. The molecule has 0 aliphatic heterocycles. The van der Waals surface area contributed by atoms with E-state index in [0.29, 0.717) is 11.0 Å². The summed E-state index contributed by atoms with van der Waals surface area (Å²) in [6.45, 7) is 10.4. The predicted octanol–water partition coefficient (Wildman–Crippen LogP) is 3.63. The van der Waals surface area contributed by atoms with E-state index >= 15 is 0 Å². The molecule has 0 radical (unpaired) electrons. The smallest absolute Gasteiger partial charge is 0.230 e. The summed E-state index contributed by atoms with van der Waals surface area (Å²) in [4.78, 5) is 17.5. The van der Waals surface area contributed by atoms with Crippen molar-refractivity contribution in [3.63, 3.8) is 0 Å². The molecule has 2 atom stereocenters. The molecule has 3 nitrogen and oxygen atoms in total. The van der Waals surface area contributed by atoms with Gasteiger partial charge in [-0.2, -0.15) is 0 Å². The van der Waals surface area contributed by atoms with Crippen molar-refractivity contribution in [2.24, 2.45) is 17.3 Å². The molecular formula is C14H20N2OS. The van der Waals surface area contributed by atoms with Crippen LogP contribution in [0.4, 0.5) is 5.13 Å². The van der Waals surface area contributed by atoms with Gasteiger partial charge in [-0.25, -0.2) is 4.98 Å². The van der Waals surface area contributed by atoms with Crippen LogP contribution in [-0.2, 0) is 4.79 Å². The van der Waals surface area contributed by atoms with Crippen LogP contribution >= 0.6 is 11.3 Å². The molecule has 2 unspecified atom stereocenters. The Morgan fingerprint density at radius 3 is 2.67 bits per heavy atom. The van der Waals surface area contributed by atoms with Gasteiger partial charge in [-0.3, -0.25) is 4.79 Å².